The molecule has 0 aliphatic heterocycles. The van der Waals surface area contributed by atoms with Gasteiger partial charge in [-0.2, -0.15) is 0 Å². The van der Waals surface area contributed by atoms with Crippen LogP contribution in [0.2, 0.25) is 0 Å². The molecule has 1 aromatic carbocycles. The van der Waals surface area contributed by atoms with E-state index < -0.39 is 17.0 Å². The SMILES string of the molecule is Cc1cc(C)c(C(Cl)c2cc(F)cc(F)c2)s1. The molecule has 0 fully saturated rings. The first-order valence-corrected chi connectivity index (χ1v) is 6.39. The average Bonchev–Trinajstić information content (AvgIpc) is 2.55. The number of hydrogen-bond donors (Lipinski definition) is 0. The second kappa shape index (κ2) is 4.75. The lowest BCUT2D eigenvalue weighted by Crippen LogP contribution is -1.94. The van der Waals surface area contributed by atoms with E-state index >= 15 is 0 Å². The largest absolute Gasteiger partial charge is 0.207 e. The van der Waals surface area contributed by atoms with E-state index in [-0.39, 0.29) is 0 Å². The molecular formula is C13H11ClF2S. The summed E-state index contributed by atoms with van der Waals surface area (Å²) in [5.74, 6) is -1.20. The summed E-state index contributed by atoms with van der Waals surface area (Å²) in [6, 6.07) is 5.41. The van der Waals surface area contributed by atoms with Crippen LogP contribution >= 0.6 is 22.9 Å². The maximum absolute atomic E-state index is 13.1. The van der Waals surface area contributed by atoms with Crippen molar-refractivity contribution in [1.29, 1.82) is 0 Å². The first-order valence-electron chi connectivity index (χ1n) is 5.14. The van der Waals surface area contributed by atoms with Gasteiger partial charge in [0, 0.05) is 15.8 Å². The predicted molar refractivity (Wildman–Crippen MR) is 67.8 cm³/mol. The van der Waals surface area contributed by atoms with Crippen LogP contribution in [-0.4, -0.2) is 0 Å². The fourth-order valence-electron chi connectivity index (χ4n) is 1.78. The summed E-state index contributed by atoms with van der Waals surface area (Å²) in [7, 11) is 0. The van der Waals surface area contributed by atoms with Gasteiger partial charge in [-0.1, -0.05) is 0 Å². The second-order valence-corrected chi connectivity index (χ2v) is 5.69. The Morgan fingerprint density at radius 1 is 1.06 bits per heavy atom. The molecule has 0 spiro atoms. The smallest absolute Gasteiger partial charge is 0.126 e. The molecule has 1 aromatic heterocycles. The molecule has 0 bridgehead atoms. The monoisotopic (exact) mass is 272 g/mol. The van der Waals surface area contributed by atoms with Crippen LogP contribution in [0.1, 0.15) is 26.3 Å². The number of halogens is 3. The van der Waals surface area contributed by atoms with Gasteiger partial charge in [-0.3, -0.25) is 0 Å². The standard InChI is InChI=1S/C13H11ClF2S/c1-7-3-8(2)17-13(7)12(14)9-4-10(15)6-11(16)5-9/h3-6,12H,1-2H3. The highest BCUT2D eigenvalue weighted by atomic mass is 35.5. The molecule has 0 saturated carbocycles. The van der Waals surface area contributed by atoms with Crippen molar-refractivity contribution in [3.63, 3.8) is 0 Å². The Kier molecular flexibility index (Phi) is 3.50. The summed E-state index contributed by atoms with van der Waals surface area (Å²) < 4.78 is 26.2. The number of benzene rings is 1. The zero-order valence-corrected chi connectivity index (χ0v) is 11.0. The first kappa shape index (κ1) is 12.5. The third-order valence-electron chi connectivity index (χ3n) is 2.49. The summed E-state index contributed by atoms with van der Waals surface area (Å²) in [5.41, 5.74) is 1.51. The Hall–Kier alpha value is -0.930. The van der Waals surface area contributed by atoms with Gasteiger partial charge in [0.25, 0.3) is 0 Å². The van der Waals surface area contributed by atoms with Gasteiger partial charge in [0.15, 0.2) is 0 Å². The predicted octanol–water partition coefficient (Wildman–Crippen LogP) is 4.97. The molecule has 4 heteroatoms. The maximum atomic E-state index is 13.1. The van der Waals surface area contributed by atoms with Gasteiger partial charge in [-0.05, 0) is 43.2 Å². The van der Waals surface area contributed by atoms with E-state index in [4.69, 9.17) is 11.6 Å². The molecule has 0 saturated heterocycles. The fourth-order valence-corrected chi connectivity index (χ4v) is 3.26. The van der Waals surface area contributed by atoms with E-state index in [1.807, 2.05) is 19.9 Å². The van der Waals surface area contributed by atoms with Crippen LogP contribution < -0.4 is 0 Å². The average molecular weight is 273 g/mol. The first-order chi connectivity index (χ1) is 7.97. The molecule has 1 atom stereocenters. The van der Waals surface area contributed by atoms with E-state index in [0.29, 0.717) is 5.56 Å². The highest BCUT2D eigenvalue weighted by Crippen LogP contribution is 2.36. The minimum Gasteiger partial charge on any atom is -0.207 e. The molecule has 0 radical (unpaired) electrons. The third kappa shape index (κ3) is 2.67. The topological polar surface area (TPSA) is 0 Å². The summed E-state index contributed by atoms with van der Waals surface area (Å²) in [6.07, 6.45) is 0. The lowest BCUT2D eigenvalue weighted by molar-refractivity contribution is 0.580. The van der Waals surface area contributed by atoms with Crippen molar-refractivity contribution >= 4 is 22.9 Å². The quantitative estimate of drug-likeness (QED) is 0.677. The van der Waals surface area contributed by atoms with Gasteiger partial charge < -0.3 is 0 Å². The van der Waals surface area contributed by atoms with Crippen molar-refractivity contribution in [1.82, 2.24) is 0 Å². The Balaban J connectivity index is 2.43. The van der Waals surface area contributed by atoms with Gasteiger partial charge in [0.05, 0.1) is 5.38 Å². The second-order valence-electron chi connectivity index (χ2n) is 3.97. The Labute approximate surface area is 108 Å². The number of alkyl halides is 1. The van der Waals surface area contributed by atoms with Gasteiger partial charge in [-0.25, -0.2) is 8.78 Å². The van der Waals surface area contributed by atoms with Crippen molar-refractivity contribution in [2.75, 3.05) is 0 Å². The van der Waals surface area contributed by atoms with E-state index in [1.54, 1.807) is 11.3 Å². The summed E-state index contributed by atoms with van der Waals surface area (Å²) in [5, 5.41) is -0.501. The van der Waals surface area contributed by atoms with Crippen molar-refractivity contribution in [2.24, 2.45) is 0 Å². The van der Waals surface area contributed by atoms with Crippen LogP contribution in [0.25, 0.3) is 0 Å². The molecule has 1 unspecified atom stereocenters. The van der Waals surface area contributed by atoms with E-state index in [0.717, 1.165) is 21.4 Å². The van der Waals surface area contributed by atoms with Gasteiger partial charge >= 0.3 is 0 Å². The Bertz CT molecular complexity index is 528. The van der Waals surface area contributed by atoms with Crippen molar-refractivity contribution < 1.29 is 8.78 Å². The minimum atomic E-state index is -0.600. The van der Waals surface area contributed by atoms with Gasteiger partial charge in [0.1, 0.15) is 11.6 Å². The van der Waals surface area contributed by atoms with Gasteiger partial charge in [-0.15, -0.1) is 22.9 Å². The normalized spacial score (nSPS) is 12.8. The molecule has 90 valence electrons. The summed E-state index contributed by atoms with van der Waals surface area (Å²) in [6.45, 7) is 3.93. The zero-order valence-electron chi connectivity index (χ0n) is 9.43. The van der Waals surface area contributed by atoms with Crippen molar-refractivity contribution in [3.8, 4) is 0 Å². The molecule has 0 N–H and O–H groups in total. The molecule has 17 heavy (non-hydrogen) atoms. The van der Waals surface area contributed by atoms with Gasteiger partial charge in [0.2, 0.25) is 0 Å². The lowest BCUT2D eigenvalue weighted by Gasteiger charge is -2.09. The molecule has 2 aromatic rings. The highest BCUT2D eigenvalue weighted by Gasteiger charge is 2.17. The molecule has 1 heterocycles. The zero-order chi connectivity index (χ0) is 12.6. The minimum absolute atomic E-state index is 0.453. The van der Waals surface area contributed by atoms with E-state index in [2.05, 4.69) is 0 Å². The summed E-state index contributed by atoms with van der Waals surface area (Å²) >= 11 is 7.82. The van der Waals surface area contributed by atoms with Crippen molar-refractivity contribution in [3.05, 3.63) is 56.8 Å². The fraction of sp³-hybridized carbons (Fsp3) is 0.231. The van der Waals surface area contributed by atoms with Crippen LogP contribution in [0.3, 0.4) is 0 Å². The van der Waals surface area contributed by atoms with Crippen LogP contribution in [0.5, 0.6) is 0 Å². The third-order valence-corrected chi connectivity index (χ3v) is 4.30. The van der Waals surface area contributed by atoms with E-state index in [1.165, 1.54) is 12.1 Å². The molecule has 0 aliphatic rings. The molecular weight excluding hydrogens is 262 g/mol. The highest BCUT2D eigenvalue weighted by molar-refractivity contribution is 7.12. The Morgan fingerprint density at radius 3 is 2.12 bits per heavy atom. The summed E-state index contributed by atoms with van der Waals surface area (Å²) in [4.78, 5) is 2.08. The molecule has 0 amide bonds. The number of rotatable bonds is 2. The number of aryl methyl sites for hydroxylation is 2. The van der Waals surface area contributed by atoms with Crippen LogP contribution in [0.4, 0.5) is 8.78 Å². The molecule has 0 nitrogen and oxygen atoms in total. The van der Waals surface area contributed by atoms with Crippen LogP contribution in [-0.2, 0) is 0 Å². The van der Waals surface area contributed by atoms with E-state index in [9.17, 15) is 8.78 Å². The maximum Gasteiger partial charge on any atom is 0.126 e. The lowest BCUT2D eigenvalue weighted by atomic mass is 10.1. The van der Waals surface area contributed by atoms with Crippen molar-refractivity contribution in [2.45, 2.75) is 19.2 Å². The number of hydrogen-bond acceptors (Lipinski definition) is 1. The Morgan fingerprint density at radius 2 is 1.65 bits per heavy atom. The molecule has 2 rings (SSSR count). The van der Waals surface area contributed by atoms with Crippen LogP contribution in [0.15, 0.2) is 24.3 Å². The number of thiophene rings is 1. The van der Waals surface area contributed by atoms with Crippen LogP contribution in [0, 0.1) is 25.5 Å². The molecule has 0 aliphatic carbocycles.